The lowest BCUT2D eigenvalue weighted by Gasteiger charge is -2.01. The van der Waals surface area contributed by atoms with Gasteiger partial charge in [0.25, 0.3) is 0 Å². The number of nitrogens with two attached hydrogens (primary N) is 1. The van der Waals surface area contributed by atoms with E-state index in [-0.39, 0.29) is 0 Å². The molecule has 3 rings (SSSR count). The lowest BCUT2D eigenvalue weighted by molar-refractivity contribution is 0.907. The molecule has 0 bridgehead atoms. The van der Waals surface area contributed by atoms with Crippen LogP contribution in [0.5, 0.6) is 0 Å². The maximum Gasteiger partial charge on any atom is 0.154 e. The molecular formula is C11H9N5. The summed E-state index contributed by atoms with van der Waals surface area (Å²) in [5, 5.41) is 4.35. The number of hydrogen-bond acceptors (Lipinski definition) is 4. The van der Waals surface area contributed by atoms with Crippen molar-refractivity contribution >= 4 is 16.9 Å². The van der Waals surface area contributed by atoms with Gasteiger partial charge in [0.15, 0.2) is 5.82 Å². The number of anilines is 1. The van der Waals surface area contributed by atoms with Gasteiger partial charge in [-0.25, -0.2) is 14.6 Å². The second kappa shape index (κ2) is 3.30. The first-order valence-electron chi connectivity index (χ1n) is 4.86. The summed E-state index contributed by atoms with van der Waals surface area (Å²) in [7, 11) is 0. The Morgan fingerprint density at radius 1 is 1.12 bits per heavy atom. The predicted octanol–water partition coefficient (Wildman–Crippen LogP) is 1.40. The molecule has 0 amide bonds. The zero-order valence-electron chi connectivity index (χ0n) is 8.41. The lowest BCUT2D eigenvalue weighted by Crippen LogP contribution is -2.01. The average Bonchev–Trinajstić information content (AvgIpc) is 2.69. The molecule has 78 valence electrons. The highest BCUT2D eigenvalue weighted by atomic mass is 15.3. The van der Waals surface area contributed by atoms with Gasteiger partial charge in [-0.1, -0.05) is 18.2 Å². The van der Waals surface area contributed by atoms with Gasteiger partial charge in [-0.3, -0.25) is 0 Å². The van der Waals surface area contributed by atoms with Crippen molar-refractivity contribution in [3.63, 3.8) is 0 Å². The van der Waals surface area contributed by atoms with Crippen molar-refractivity contribution in [3.8, 4) is 5.69 Å². The molecule has 0 fully saturated rings. The van der Waals surface area contributed by atoms with Gasteiger partial charge in [0.2, 0.25) is 0 Å². The number of rotatable bonds is 1. The molecule has 0 saturated heterocycles. The molecule has 0 spiro atoms. The van der Waals surface area contributed by atoms with Gasteiger partial charge in [-0.15, -0.1) is 0 Å². The molecule has 1 aromatic carbocycles. The fourth-order valence-corrected chi connectivity index (χ4v) is 1.62. The third-order valence-electron chi connectivity index (χ3n) is 2.37. The molecule has 2 N–H and O–H groups in total. The number of hydrogen-bond donors (Lipinski definition) is 1. The Balaban J connectivity index is 2.29. The Morgan fingerprint density at radius 2 is 1.94 bits per heavy atom. The normalized spacial score (nSPS) is 10.8. The van der Waals surface area contributed by atoms with Gasteiger partial charge < -0.3 is 5.73 Å². The van der Waals surface area contributed by atoms with E-state index < -0.39 is 0 Å². The maximum atomic E-state index is 5.98. The van der Waals surface area contributed by atoms with Crippen LogP contribution in [-0.2, 0) is 0 Å². The van der Waals surface area contributed by atoms with Crippen LogP contribution in [0, 0.1) is 0 Å². The maximum absolute atomic E-state index is 5.98. The largest absolute Gasteiger partial charge is 0.382 e. The van der Waals surface area contributed by atoms with E-state index in [2.05, 4.69) is 15.1 Å². The van der Waals surface area contributed by atoms with Crippen molar-refractivity contribution in [2.45, 2.75) is 0 Å². The van der Waals surface area contributed by atoms with Crippen LogP contribution in [0.4, 0.5) is 5.82 Å². The summed E-state index contributed by atoms with van der Waals surface area (Å²) in [6.45, 7) is 0. The molecule has 2 heterocycles. The molecule has 5 nitrogen and oxygen atoms in total. The third kappa shape index (κ3) is 1.22. The summed E-state index contributed by atoms with van der Waals surface area (Å²) in [6.07, 6.45) is 3.12. The molecule has 16 heavy (non-hydrogen) atoms. The van der Waals surface area contributed by atoms with Gasteiger partial charge in [-0.2, -0.15) is 5.10 Å². The topological polar surface area (TPSA) is 69.6 Å². The smallest absolute Gasteiger partial charge is 0.154 e. The molecule has 0 radical (unpaired) electrons. The summed E-state index contributed by atoms with van der Waals surface area (Å²) in [4.78, 5) is 8.03. The van der Waals surface area contributed by atoms with Crippen LogP contribution in [0.25, 0.3) is 16.7 Å². The highest BCUT2D eigenvalue weighted by molar-refractivity contribution is 5.84. The summed E-state index contributed by atoms with van der Waals surface area (Å²) >= 11 is 0. The summed E-state index contributed by atoms with van der Waals surface area (Å²) in [5.41, 5.74) is 8.27. The molecule has 0 aliphatic rings. The molecule has 0 aliphatic heterocycles. The van der Waals surface area contributed by atoms with E-state index >= 15 is 0 Å². The monoisotopic (exact) mass is 211 g/mol. The van der Waals surface area contributed by atoms with Crippen molar-refractivity contribution in [2.75, 3.05) is 5.73 Å². The second-order valence-corrected chi connectivity index (χ2v) is 3.39. The quantitative estimate of drug-likeness (QED) is 0.660. The zero-order chi connectivity index (χ0) is 11.0. The Hall–Kier alpha value is -2.43. The first kappa shape index (κ1) is 8.84. The Labute approximate surface area is 91.6 Å². The first-order chi connectivity index (χ1) is 7.86. The highest BCUT2D eigenvalue weighted by Gasteiger charge is 2.09. The highest BCUT2D eigenvalue weighted by Crippen LogP contribution is 2.20. The Bertz CT molecular complexity index is 629. The zero-order valence-corrected chi connectivity index (χ0v) is 8.41. The molecule has 0 saturated carbocycles. The van der Waals surface area contributed by atoms with E-state index in [0.717, 1.165) is 5.69 Å². The molecule has 0 unspecified atom stereocenters. The minimum absolute atomic E-state index is 0.531. The lowest BCUT2D eigenvalue weighted by atomic mass is 10.3. The number of fused-ring (bicyclic) bond motifs is 1. The van der Waals surface area contributed by atoms with Crippen molar-refractivity contribution < 1.29 is 0 Å². The number of para-hydroxylation sites is 1. The van der Waals surface area contributed by atoms with E-state index in [1.807, 2.05) is 30.3 Å². The number of benzene rings is 1. The Morgan fingerprint density at radius 3 is 2.69 bits per heavy atom. The average molecular weight is 211 g/mol. The van der Waals surface area contributed by atoms with Gasteiger partial charge in [0, 0.05) is 0 Å². The van der Waals surface area contributed by atoms with Crippen LogP contribution in [0.1, 0.15) is 0 Å². The predicted molar refractivity (Wildman–Crippen MR) is 61.1 cm³/mol. The van der Waals surface area contributed by atoms with Crippen molar-refractivity contribution in [1.29, 1.82) is 0 Å². The third-order valence-corrected chi connectivity index (χ3v) is 2.37. The van der Waals surface area contributed by atoms with Crippen LogP contribution in [-0.4, -0.2) is 19.7 Å². The van der Waals surface area contributed by atoms with Gasteiger partial charge >= 0.3 is 0 Å². The number of nitrogen functional groups attached to an aromatic ring is 1. The van der Waals surface area contributed by atoms with Crippen LogP contribution in [0.2, 0.25) is 0 Å². The molecule has 2 aromatic heterocycles. The molecular weight excluding hydrogens is 202 g/mol. The second-order valence-electron chi connectivity index (χ2n) is 3.39. The summed E-state index contributed by atoms with van der Waals surface area (Å²) < 4.78 is 1.67. The number of nitrogens with zero attached hydrogens (tertiary/aromatic N) is 4. The van der Waals surface area contributed by atoms with Gasteiger partial charge in [0.05, 0.1) is 11.9 Å². The van der Waals surface area contributed by atoms with Crippen LogP contribution < -0.4 is 5.73 Å². The number of aromatic nitrogens is 4. The van der Waals surface area contributed by atoms with E-state index in [1.54, 1.807) is 10.9 Å². The van der Waals surface area contributed by atoms with Crippen molar-refractivity contribution in [2.24, 2.45) is 0 Å². The van der Waals surface area contributed by atoms with Crippen LogP contribution >= 0.6 is 0 Å². The SMILES string of the molecule is Nc1c2ncncc2nn1-c1ccccc1. The van der Waals surface area contributed by atoms with E-state index in [9.17, 15) is 0 Å². The first-order valence-corrected chi connectivity index (χ1v) is 4.86. The van der Waals surface area contributed by atoms with E-state index in [0.29, 0.717) is 16.9 Å². The standard InChI is InChI=1S/C11H9N5/c12-11-10-9(6-13-7-14-10)15-16(11)8-4-2-1-3-5-8/h1-7H,12H2. The van der Waals surface area contributed by atoms with Crippen LogP contribution in [0.15, 0.2) is 42.9 Å². The van der Waals surface area contributed by atoms with Gasteiger partial charge in [-0.05, 0) is 12.1 Å². The van der Waals surface area contributed by atoms with Crippen molar-refractivity contribution in [1.82, 2.24) is 19.7 Å². The van der Waals surface area contributed by atoms with Crippen LogP contribution in [0.3, 0.4) is 0 Å². The fourth-order valence-electron chi connectivity index (χ4n) is 1.62. The molecule has 3 aromatic rings. The summed E-state index contributed by atoms with van der Waals surface area (Å²) in [5.74, 6) is 0.531. The van der Waals surface area contributed by atoms with E-state index in [1.165, 1.54) is 6.33 Å². The van der Waals surface area contributed by atoms with Gasteiger partial charge in [0.1, 0.15) is 17.4 Å². The minimum atomic E-state index is 0.531. The minimum Gasteiger partial charge on any atom is -0.382 e. The molecule has 5 heteroatoms. The molecule has 0 atom stereocenters. The van der Waals surface area contributed by atoms with Crippen molar-refractivity contribution in [3.05, 3.63) is 42.9 Å². The Kier molecular flexibility index (Phi) is 1.83. The fraction of sp³-hybridized carbons (Fsp3) is 0. The molecule has 0 aliphatic carbocycles. The van der Waals surface area contributed by atoms with E-state index in [4.69, 9.17) is 5.73 Å². The summed E-state index contributed by atoms with van der Waals surface area (Å²) in [6, 6.07) is 9.70.